The van der Waals surface area contributed by atoms with Crippen molar-refractivity contribution in [2.45, 2.75) is 135 Å². The molecule has 0 aromatic rings. The van der Waals surface area contributed by atoms with Crippen molar-refractivity contribution < 1.29 is 29.5 Å². The van der Waals surface area contributed by atoms with Crippen molar-refractivity contribution in [1.29, 1.82) is 0 Å². The van der Waals surface area contributed by atoms with Crippen LogP contribution in [-0.4, -0.2) is 94.9 Å². The highest BCUT2D eigenvalue weighted by Crippen LogP contribution is 2.40. The number of rotatable bonds is 13. The van der Waals surface area contributed by atoms with Crippen molar-refractivity contribution in [1.82, 2.24) is 10.6 Å². The summed E-state index contributed by atoms with van der Waals surface area (Å²) in [5.41, 5.74) is -2.57. The van der Waals surface area contributed by atoms with Gasteiger partial charge in [-0.2, -0.15) is 0 Å². The van der Waals surface area contributed by atoms with Crippen LogP contribution in [0.5, 0.6) is 0 Å². The highest BCUT2D eigenvalue weighted by atomic mass is 16.5. The number of aliphatic hydroxyl groups excluding tert-OH is 3. The minimum absolute atomic E-state index is 0.0556. The molecule has 0 amide bonds. The predicted octanol–water partition coefficient (Wildman–Crippen LogP) is 3.40. The Hall–Kier alpha value is -0.320. The standard InChI is InChI=1S/C30H60N2O6/c1-23(2)12-28(10,13-24(3,4)31-23)37-20-27(9,16-33)19-36-21-30(17-34,18-35)22-38-29(11)14-25(5,6)32-26(7,8)15-29/h31-35H,12-22H2,1-11H3. The first kappa shape index (κ1) is 33.9. The Bertz CT molecular complexity index is 745. The molecule has 2 aliphatic heterocycles. The molecule has 1 unspecified atom stereocenters. The molecule has 226 valence electrons. The van der Waals surface area contributed by atoms with Gasteiger partial charge in [-0.3, -0.25) is 0 Å². The van der Waals surface area contributed by atoms with E-state index in [1.54, 1.807) is 0 Å². The first-order chi connectivity index (χ1) is 17.0. The minimum Gasteiger partial charge on any atom is -0.396 e. The molecule has 0 aromatic carbocycles. The van der Waals surface area contributed by atoms with Crippen molar-refractivity contribution in [3.63, 3.8) is 0 Å². The molecule has 2 heterocycles. The molecule has 1 atom stereocenters. The van der Waals surface area contributed by atoms with Gasteiger partial charge in [0.1, 0.15) is 0 Å². The lowest BCUT2D eigenvalue weighted by Crippen LogP contribution is -2.63. The van der Waals surface area contributed by atoms with Gasteiger partial charge < -0.3 is 40.2 Å². The van der Waals surface area contributed by atoms with Gasteiger partial charge in [-0.15, -0.1) is 0 Å². The summed E-state index contributed by atoms with van der Waals surface area (Å²) in [6.45, 7) is 24.0. The van der Waals surface area contributed by atoms with E-state index in [1.165, 1.54) is 0 Å². The molecule has 8 heteroatoms. The zero-order chi connectivity index (χ0) is 29.3. The van der Waals surface area contributed by atoms with Crippen LogP contribution in [-0.2, 0) is 14.2 Å². The summed E-state index contributed by atoms with van der Waals surface area (Å²) in [5.74, 6) is 0. The Balaban J connectivity index is 1.99. The predicted molar refractivity (Wildman–Crippen MR) is 152 cm³/mol. The van der Waals surface area contributed by atoms with E-state index in [2.05, 4.69) is 79.9 Å². The normalized spacial score (nSPS) is 27.0. The van der Waals surface area contributed by atoms with Gasteiger partial charge >= 0.3 is 0 Å². The van der Waals surface area contributed by atoms with Crippen LogP contribution in [0.1, 0.15) is 102 Å². The van der Waals surface area contributed by atoms with Gasteiger partial charge in [0.2, 0.25) is 0 Å². The maximum Gasteiger partial charge on any atom is 0.0689 e. The fourth-order valence-corrected chi connectivity index (χ4v) is 7.67. The Morgan fingerprint density at radius 3 is 1.26 bits per heavy atom. The largest absolute Gasteiger partial charge is 0.396 e. The van der Waals surface area contributed by atoms with Crippen LogP contribution < -0.4 is 10.6 Å². The third kappa shape index (κ3) is 9.65. The van der Waals surface area contributed by atoms with Crippen LogP contribution in [0.25, 0.3) is 0 Å². The average Bonchev–Trinajstić information content (AvgIpc) is 2.70. The third-order valence-electron chi connectivity index (χ3n) is 8.02. The van der Waals surface area contributed by atoms with Crippen LogP contribution in [0.15, 0.2) is 0 Å². The Kier molecular flexibility index (Phi) is 10.3. The summed E-state index contributed by atoms with van der Waals surface area (Å²) in [6, 6.07) is 0. The lowest BCUT2D eigenvalue weighted by atomic mass is 9.73. The molecule has 8 nitrogen and oxygen atoms in total. The first-order valence-electron chi connectivity index (χ1n) is 14.3. The molecule has 2 aliphatic rings. The van der Waals surface area contributed by atoms with Gasteiger partial charge in [0, 0.05) is 27.6 Å². The van der Waals surface area contributed by atoms with E-state index in [4.69, 9.17) is 14.2 Å². The fraction of sp³-hybridized carbons (Fsp3) is 1.00. The number of ether oxygens (including phenoxy) is 3. The van der Waals surface area contributed by atoms with Gasteiger partial charge in [0.05, 0.1) is 62.9 Å². The topological polar surface area (TPSA) is 112 Å². The lowest BCUT2D eigenvalue weighted by molar-refractivity contribution is -0.165. The molecule has 0 radical (unpaired) electrons. The van der Waals surface area contributed by atoms with Gasteiger partial charge in [-0.25, -0.2) is 0 Å². The second-order valence-electron chi connectivity index (χ2n) is 16.2. The average molecular weight is 545 g/mol. The summed E-state index contributed by atoms with van der Waals surface area (Å²) in [7, 11) is 0. The molecule has 2 rings (SSSR count). The van der Waals surface area contributed by atoms with Gasteiger partial charge in [0.25, 0.3) is 0 Å². The van der Waals surface area contributed by atoms with E-state index < -0.39 is 16.4 Å². The van der Waals surface area contributed by atoms with Gasteiger partial charge in [-0.1, -0.05) is 6.92 Å². The van der Waals surface area contributed by atoms with Crippen molar-refractivity contribution in [3.8, 4) is 0 Å². The quantitative estimate of drug-likeness (QED) is 0.240. The number of aliphatic hydroxyl groups is 3. The Labute approximate surface area is 232 Å². The fourth-order valence-electron chi connectivity index (χ4n) is 7.67. The number of hydrogen-bond acceptors (Lipinski definition) is 8. The van der Waals surface area contributed by atoms with E-state index in [9.17, 15) is 15.3 Å². The zero-order valence-corrected chi connectivity index (χ0v) is 26.3. The van der Waals surface area contributed by atoms with E-state index in [0.29, 0.717) is 6.61 Å². The molecule has 2 fully saturated rings. The second-order valence-corrected chi connectivity index (χ2v) is 16.2. The second kappa shape index (κ2) is 11.5. The summed E-state index contributed by atoms with van der Waals surface area (Å²) < 4.78 is 19.0. The summed E-state index contributed by atoms with van der Waals surface area (Å²) in [4.78, 5) is 0. The minimum atomic E-state index is -0.936. The van der Waals surface area contributed by atoms with Crippen molar-refractivity contribution in [3.05, 3.63) is 0 Å². The van der Waals surface area contributed by atoms with Gasteiger partial charge in [-0.05, 0) is 94.9 Å². The summed E-state index contributed by atoms with van der Waals surface area (Å²) in [5, 5.41) is 38.2. The highest BCUT2D eigenvalue weighted by molar-refractivity contribution is 5.04. The lowest BCUT2D eigenvalue weighted by Gasteiger charge is -2.52. The number of nitrogens with one attached hydrogen (secondary N) is 2. The van der Waals surface area contributed by atoms with Crippen LogP contribution in [0.3, 0.4) is 0 Å². The van der Waals surface area contributed by atoms with E-state index in [-0.39, 0.29) is 67.4 Å². The molecule has 38 heavy (non-hydrogen) atoms. The molecule has 0 aliphatic carbocycles. The number of piperidine rings is 2. The van der Waals surface area contributed by atoms with Crippen LogP contribution in [0.2, 0.25) is 0 Å². The van der Waals surface area contributed by atoms with E-state index >= 15 is 0 Å². The summed E-state index contributed by atoms with van der Waals surface area (Å²) >= 11 is 0. The smallest absolute Gasteiger partial charge is 0.0689 e. The molecule has 0 aromatic heterocycles. The first-order valence-corrected chi connectivity index (χ1v) is 14.3. The number of hydrogen-bond donors (Lipinski definition) is 5. The third-order valence-corrected chi connectivity index (χ3v) is 8.02. The SMILES string of the molecule is CC(CO)(COCC(CO)(CO)COC1(C)CC(C)(C)NC(C)(C)C1)COC1(C)CC(C)(C)NC(C)(C)C1. The van der Waals surface area contributed by atoms with Crippen molar-refractivity contribution in [2.24, 2.45) is 10.8 Å². The molecule has 0 spiro atoms. The monoisotopic (exact) mass is 544 g/mol. The van der Waals surface area contributed by atoms with Crippen molar-refractivity contribution >= 4 is 0 Å². The Morgan fingerprint density at radius 2 is 0.921 bits per heavy atom. The molecule has 0 saturated carbocycles. The van der Waals surface area contributed by atoms with E-state index in [0.717, 1.165) is 25.7 Å². The maximum atomic E-state index is 10.3. The van der Waals surface area contributed by atoms with Crippen LogP contribution in [0.4, 0.5) is 0 Å². The van der Waals surface area contributed by atoms with Crippen LogP contribution in [0, 0.1) is 10.8 Å². The van der Waals surface area contributed by atoms with Gasteiger partial charge in [0.15, 0.2) is 0 Å². The van der Waals surface area contributed by atoms with E-state index in [1.807, 2.05) is 6.92 Å². The molecule has 5 N–H and O–H groups in total. The van der Waals surface area contributed by atoms with Crippen molar-refractivity contribution in [2.75, 3.05) is 46.2 Å². The zero-order valence-electron chi connectivity index (χ0n) is 26.3. The molecule has 2 saturated heterocycles. The maximum absolute atomic E-state index is 10.3. The van der Waals surface area contributed by atoms with Crippen LogP contribution >= 0.6 is 0 Å². The highest BCUT2D eigenvalue weighted by Gasteiger charge is 2.48. The Morgan fingerprint density at radius 1 is 0.553 bits per heavy atom. The summed E-state index contributed by atoms with van der Waals surface area (Å²) in [6.07, 6.45) is 3.37. The molecular weight excluding hydrogens is 484 g/mol. The molecular formula is C30H60N2O6. The molecule has 0 bridgehead atoms.